The molecule has 19 heavy (non-hydrogen) atoms. The van der Waals surface area contributed by atoms with Gasteiger partial charge in [0.2, 0.25) is 0 Å². The number of aryl methyl sites for hydroxylation is 1. The molecule has 104 valence electrons. The van der Waals surface area contributed by atoms with E-state index in [9.17, 15) is 0 Å². The Balaban J connectivity index is 2.00. The molecule has 0 saturated heterocycles. The number of hydrogen-bond acceptors (Lipinski definition) is 3. The topological polar surface area (TPSA) is 43.0 Å². The van der Waals surface area contributed by atoms with Crippen molar-refractivity contribution in [1.82, 2.24) is 14.9 Å². The van der Waals surface area contributed by atoms with Gasteiger partial charge in [0.1, 0.15) is 5.76 Å². The smallest absolute Gasteiger partial charge is 0.123 e. The molecule has 0 unspecified atom stereocenters. The van der Waals surface area contributed by atoms with Crippen LogP contribution in [0, 0.1) is 13.8 Å². The van der Waals surface area contributed by atoms with E-state index >= 15 is 0 Å². The van der Waals surface area contributed by atoms with Crippen LogP contribution >= 0.6 is 0 Å². The fraction of sp³-hybridized carbons (Fsp3) is 0.533. The molecule has 0 bridgehead atoms. The van der Waals surface area contributed by atoms with Crippen molar-refractivity contribution >= 4 is 0 Å². The van der Waals surface area contributed by atoms with Crippen LogP contribution in [0.25, 0.3) is 0 Å². The first kappa shape index (κ1) is 13.9. The summed E-state index contributed by atoms with van der Waals surface area (Å²) in [4.78, 5) is 4.30. The lowest BCUT2D eigenvalue weighted by atomic mass is 10.1. The minimum atomic E-state index is 0.121. The van der Waals surface area contributed by atoms with Crippen molar-refractivity contribution in [2.45, 2.75) is 53.2 Å². The Kier molecular flexibility index (Phi) is 3.80. The molecule has 0 spiro atoms. The number of nitrogens with zero attached hydrogens (tertiary/aromatic N) is 2. The summed E-state index contributed by atoms with van der Waals surface area (Å²) in [6.45, 7) is 12.1. The second-order valence-electron chi connectivity index (χ2n) is 6.07. The number of nitrogens with one attached hydrogen (secondary N) is 1. The Hall–Kier alpha value is -1.55. The Bertz CT molecular complexity index is 546. The summed E-state index contributed by atoms with van der Waals surface area (Å²) < 4.78 is 7.72. The average Bonchev–Trinajstić information content (AvgIpc) is 2.88. The summed E-state index contributed by atoms with van der Waals surface area (Å²) in [6.07, 6.45) is 3.69. The molecule has 0 aromatic carbocycles. The van der Waals surface area contributed by atoms with Gasteiger partial charge >= 0.3 is 0 Å². The highest BCUT2D eigenvalue weighted by atomic mass is 16.3. The lowest BCUT2D eigenvalue weighted by Crippen LogP contribution is -2.34. The van der Waals surface area contributed by atoms with Gasteiger partial charge < -0.3 is 14.3 Å². The molecule has 1 N–H and O–H groups in total. The predicted octanol–water partition coefficient (Wildman–Crippen LogP) is 3.03. The van der Waals surface area contributed by atoms with Crippen molar-refractivity contribution in [2.24, 2.45) is 0 Å². The Morgan fingerprint density at radius 1 is 1.32 bits per heavy atom. The van der Waals surface area contributed by atoms with E-state index in [2.05, 4.69) is 48.6 Å². The van der Waals surface area contributed by atoms with Crippen molar-refractivity contribution in [3.63, 3.8) is 0 Å². The average molecular weight is 261 g/mol. The largest absolute Gasteiger partial charge is 0.467 e. The normalized spacial score (nSPS) is 12.1. The maximum Gasteiger partial charge on any atom is 0.123 e. The van der Waals surface area contributed by atoms with Gasteiger partial charge in [-0.25, -0.2) is 4.98 Å². The van der Waals surface area contributed by atoms with Gasteiger partial charge in [-0.05, 0) is 40.7 Å². The van der Waals surface area contributed by atoms with E-state index < -0.39 is 0 Å². The van der Waals surface area contributed by atoms with Crippen molar-refractivity contribution in [2.75, 3.05) is 0 Å². The molecule has 0 radical (unpaired) electrons. The third-order valence-electron chi connectivity index (χ3n) is 3.20. The van der Waals surface area contributed by atoms with Gasteiger partial charge in [0.15, 0.2) is 0 Å². The van der Waals surface area contributed by atoms with Crippen molar-refractivity contribution in [3.8, 4) is 0 Å². The van der Waals surface area contributed by atoms with Gasteiger partial charge in [0, 0.05) is 23.3 Å². The predicted molar refractivity (Wildman–Crippen MR) is 76.1 cm³/mol. The van der Waals surface area contributed by atoms with E-state index in [1.165, 1.54) is 11.3 Å². The number of imidazole rings is 1. The fourth-order valence-electron chi connectivity index (χ4n) is 1.84. The molecule has 0 aliphatic carbocycles. The van der Waals surface area contributed by atoms with Crippen LogP contribution < -0.4 is 5.32 Å². The van der Waals surface area contributed by atoms with Crippen LogP contribution in [0.15, 0.2) is 23.1 Å². The molecule has 0 aliphatic heterocycles. The van der Waals surface area contributed by atoms with E-state index in [4.69, 9.17) is 4.42 Å². The third kappa shape index (κ3) is 3.70. The maximum atomic E-state index is 5.61. The maximum absolute atomic E-state index is 5.61. The van der Waals surface area contributed by atoms with Crippen LogP contribution in [-0.4, -0.2) is 15.1 Å². The van der Waals surface area contributed by atoms with E-state index in [1.54, 1.807) is 0 Å². The van der Waals surface area contributed by atoms with E-state index in [1.807, 2.05) is 19.5 Å². The van der Waals surface area contributed by atoms with Crippen LogP contribution in [0.4, 0.5) is 0 Å². The standard InChI is InChI=1S/C15H23N3O/c1-11-12(2)18(10-16-11)8-14-6-13(9-19-14)7-17-15(3,4)5/h6,9-10,17H,7-8H2,1-5H3. The Labute approximate surface area is 114 Å². The van der Waals surface area contributed by atoms with Gasteiger partial charge in [-0.15, -0.1) is 0 Å². The molecular weight excluding hydrogens is 238 g/mol. The molecule has 4 heteroatoms. The van der Waals surface area contributed by atoms with Crippen LogP contribution in [0.1, 0.15) is 43.5 Å². The first-order chi connectivity index (χ1) is 8.85. The van der Waals surface area contributed by atoms with E-state index in [-0.39, 0.29) is 5.54 Å². The summed E-state index contributed by atoms with van der Waals surface area (Å²) >= 11 is 0. The van der Waals surface area contributed by atoms with Crippen LogP contribution in [-0.2, 0) is 13.1 Å². The second kappa shape index (κ2) is 5.21. The van der Waals surface area contributed by atoms with Crippen molar-refractivity contribution in [3.05, 3.63) is 41.4 Å². The van der Waals surface area contributed by atoms with Crippen LogP contribution in [0.2, 0.25) is 0 Å². The molecule has 2 heterocycles. The molecule has 2 rings (SSSR count). The molecule has 4 nitrogen and oxygen atoms in total. The van der Waals surface area contributed by atoms with E-state index in [0.29, 0.717) is 0 Å². The number of aromatic nitrogens is 2. The first-order valence-electron chi connectivity index (χ1n) is 6.65. The minimum absolute atomic E-state index is 0.121. The van der Waals surface area contributed by atoms with Crippen molar-refractivity contribution in [1.29, 1.82) is 0 Å². The molecule has 0 fully saturated rings. The molecule has 0 atom stereocenters. The number of hydrogen-bond donors (Lipinski definition) is 1. The first-order valence-corrected chi connectivity index (χ1v) is 6.65. The van der Waals surface area contributed by atoms with Gasteiger partial charge in [-0.3, -0.25) is 0 Å². The number of rotatable bonds is 4. The van der Waals surface area contributed by atoms with Gasteiger partial charge in [0.05, 0.1) is 24.8 Å². The lowest BCUT2D eigenvalue weighted by molar-refractivity contribution is 0.422. The molecule has 2 aromatic heterocycles. The third-order valence-corrected chi connectivity index (χ3v) is 3.20. The Morgan fingerprint density at radius 2 is 2.05 bits per heavy atom. The van der Waals surface area contributed by atoms with Gasteiger partial charge in [-0.2, -0.15) is 0 Å². The summed E-state index contributed by atoms with van der Waals surface area (Å²) in [5, 5.41) is 3.45. The summed E-state index contributed by atoms with van der Waals surface area (Å²) in [6, 6.07) is 2.10. The highest BCUT2D eigenvalue weighted by Crippen LogP contribution is 2.13. The van der Waals surface area contributed by atoms with Crippen LogP contribution in [0.5, 0.6) is 0 Å². The SMILES string of the molecule is Cc1ncn(Cc2cc(CNC(C)(C)C)co2)c1C. The molecule has 0 aliphatic rings. The molecular formula is C15H23N3O. The minimum Gasteiger partial charge on any atom is -0.467 e. The van der Waals surface area contributed by atoms with Gasteiger partial charge in [0.25, 0.3) is 0 Å². The number of furan rings is 1. The van der Waals surface area contributed by atoms with Crippen molar-refractivity contribution < 1.29 is 4.42 Å². The summed E-state index contributed by atoms with van der Waals surface area (Å²) in [5.74, 6) is 0.964. The molecule has 0 amide bonds. The van der Waals surface area contributed by atoms with Crippen LogP contribution in [0.3, 0.4) is 0 Å². The highest BCUT2D eigenvalue weighted by molar-refractivity contribution is 5.15. The molecule has 2 aromatic rings. The quantitative estimate of drug-likeness (QED) is 0.920. The zero-order chi connectivity index (χ0) is 14.0. The summed E-state index contributed by atoms with van der Waals surface area (Å²) in [5.41, 5.74) is 3.56. The molecule has 0 saturated carbocycles. The highest BCUT2D eigenvalue weighted by Gasteiger charge is 2.10. The zero-order valence-corrected chi connectivity index (χ0v) is 12.4. The second-order valence-corrected chi connectivity index (χ2v) is 6.07. The zero-order valence-electron chi connectivity index (χ0n) is 12.4. The lowest BCUT2D eigenvalue weighted by Gasteiger charge is -2.19. The van der Waals surface area contributed by atoms with Gasteiger partial charge in [-0.1, -0.05) is 0 Å². The fourth-order valence-corrected chi connectivity index (χ4v) is 1.84. The summed E-state index contributed by atoms with van der Waals surface area (Å²) in [7, 11) is 0. The monoisotopic (exact) mass is 261 g/mol. The van der Waals surface area contributed by atoms with E-state index in [0.717, 1.165) is 24.5 Å². The Morgan fingerprint density at radius 3 is 2.63 bits per heavy atom.